The van der Waals surface area contributed by atoms with Gasteiger partial charge in [-0.1, -0.05) is 67.9 Å². The maximum atomic E-state index is 13.3. The number of para-hydroxylation sites is 2. The van der Waals surface area contributed by atoms with Crippen molar-refractivity contribution in [3.05, 3.63) is 91.1 Å². The van der Waals surface area contributed by atoms with E-state index in [4.69, 9.17) is 0 Å². The van der Waals surface area contributed by atoms with E-state index >= 15 is 0 Å². The number of hydrogen-bond acceptors (Lipinski definition) is 3. The average Bonchev–Trinajstić information content (AvgIpc) is 3.20. The molecule has 5 nitrogen and oxygen atoms in total. The summed E-state index contributed by atoms with van der Waals surface area (Å²) in [5.74, 6) is -0.0749. The normalized spacial score (nSPS) is 11.5. The highest BCUT2D eigenvalue weighted by atomic mass is 32.2. The summed E-state index contributed by atoms with van der Waals surface area (Å²) >= 11 is 0. The van der Waals surface area contributed by atoms with Gasteiger partial charge in [0.25, 0.3) is 0 Å². The number of amides is 1. The Labute approximate surface area is 188 Å². The highest BCUT2D eigenvalue weighted by Gasteiger charge is 2.24. The lowest BCUT2D eigenvalue weighted by molar-refractivity contribution is -0.119. The van der Waals surface area contributed by atoms with Crippen molar-refractivity contribution in [1.82, 2.24) is 4.57 Å². The fraction of sp³-hybridized carbons (Fsp3) is 0.192. The van der Waals surface area contributed by atoms with Crippen LogP contribution in [-0.2, 0) is 21.2 Å². The molecular formula is C26H26N2O3S. The Morgan fingerprint density at radius 1 is 0.875 bits per heavy atom. The first-order valence-electron chi connectivity index (χ1n) is 10.8. The predicted octanol–water partition coefficient (Wildman–Crippen LogP) is 5.31. The molecule has 0 unspecified atom stereocenters. The summed E-state index contributed by atoms with van der Waals surface area (Å²) in [7, 11) is -3.71. The molecule has 0 aliphatic carbocycles. The number of rotatable bonds is 8. The number of fused-ring (bicyclic) bond motifs is 1. The molecule has 0 spiro atoms. The van der Waals surface area contributed by atoms with E-state index in [9.17, 15) is 13.2 Å². The van der Waals surface area contributed by atoms with Crippen LogP contribution in [0, 0.1) is 0 Å². The van der Waals surface area contributed by atoms with Crippen LogP contribution in [0.25, 0.3) is 10.9 Å². The monoisotopic (exact) mass is 446 g/mol. The molecule has 3 aromatic carbocycles. The van der Waals surface area contributed by atoms with E-state index in [1.807, 2.05) is 48.5 Å². The molecule has 0 N–H and O–H groups in total. The molecule has 0 radical (unpaired) electrons. The summed E-state index contributed by atoms with van der Waals surface area (Å²) < 4.78 is 28.4. The third kappa shape index (κ3) is 4.32. The second-order valence-corrected chi connectivity index (χ2v) is 9.61. The van der Waals surface area contributed by atoms with E-state index < -0.39 is 9.84 Å². The molecule has 164 valence electrons. The smallest absolute Gasteiger partial charge is 0.246 e. The van der Waals surface area contributed by atoms with Crippen molar-refractivity contribution in [2.45, 2.75) is 36.1 Å². The molecule has 0 atom stereocenters. The number of unbranched alkanes of at least 4 members (excludes halogenated alkanes) is 1. The lowest BCUT2D eigenvalue weighted by atomic mass is 10.2. The van der Waals surface area contributed by atoms with E-state index in [1.165, 1.54) is 0 Å². The average molecular weight is 447 g/mol. The zero-order valence-electron chi connectivity index (χ0n) is 18.0. The quantitative estimate of drug-likeness (QED) is 0.369. The molecule has 0 saturated heterocycles. The fourth-order valence-electron chi connectivity index (χ4n) is 3.84. The van der Waals surface area contributed by atoms with Crippen molar-refractivity contribution in [2.24, 2.45) is 0 Å². The van der Waals surface area contributed by atoms with E-state index in [0.717, 1.165) is 24.0 Å². The minimum absolute atomic E-state index is 0.0590. The Morgan fingerprint density at radius 3 is 2.19 bits per heavy atom. The molecule has 0 aliphatic rings. The Bertz CT molecular complexity index is 1310. The minimum atomic E-state index is -3.71. The van der Waals surface area contributed by atoms with Crippen LogP contribution < -0.4 is 4.90 Å². The Balaban J connectivity index is 1.73. The maximum Gasteiger partial charge on any atom is 0.246 e. The van der Waals surface area contributed by atoms with E-state index in [2.05, 4.69) is 6.92 Å². The first-order chi connectivity index (χ1) is 15.5. The Kier molecular flexibility index (Phi) is 6.42. The summed E-state index contributed by atoms with van der Waals surface area (Å²) in [6, 6.07) is 25.3. The molecule has 0 fully saturated rings. The van der Waals surface area contributed by atoms with Gasteiger partial charge in [0.2, 0.25) is 15.7 Å². The van der Waals surface area contributed by atoms with Gasteiger partial charge in [0.05, 0.1) is 9.79 Å². The molecule has 1 aromatic heterocycles. The number of sulfone groups is 1. The molecule has 32 heavy (non-hydrogen) atoms. The van der Waals surface area contributed by atoms with E-state index in [-0.39, 0.29) is 22.2 Å². The van der Waals surface area contributed by atoms with E-state index in [0.29, 0.717) is 11.9 Å². The van der Waals surface area contributed by atoms with Gasteiger partial charge in [-0.15, -0.1) is 0 Å². The van der Waals surface area contributed by atoms with Crippen molar-refractivity contribution < 1.29 is 13.2 Å². The largest absolute Gasteiger partial charge is 0.337 e. The second-order valence-electron chi connectivity index (χ2n) is 7.69. The first-order valence-corrected chi connectivity index (χ1v) is 12.2. The van der Waals surface area contributed by atoms with Crippen molar-refractivity contribution in [2.75, 3.05) is 11.4 Å². The Morgan fingerprint density at radius 2 is 1.50 bits per heavy atom. The highest BCUT2D eigenvalue weighted by Crippen LogP contribution is 2.30. The zero-order valence-corrected chi connectivity index (χ0v) is 18.8. The van der Waals surface area contributed by atoms with Crippen LogP contribution >= 0.6 is 0 Å². The number of carbonyl (C=O) groups is 1. The van der Waals surface area contributed by atoms with Gasteiger partial charge in [0.15, 0.2) is 0 Å². The number of aromatic nitrogens is 1. The van der Waals surface area contributed by atoms with Gasteiger partial charge in [-0.3, -0.25) is 4.79 Å². The standard InChI is InChI=1S/C26H26N2O3S/c1-2-3-18-28(21-12-6-4-7-13-21)26(29)20-27-19-25(23-16-10-11-17-24(23)27)32(30,31)22-14-8-5-9-15-22/h4-17,19H,2-3,18,20H2,1H3. The summed E-state index contributed by atoms with van der Waals surface area (Å²) in [5.41, 5.74) is 1.57. The lowest BCUT2D eigenvalue weighted by Crippen LogP contribution is -2.34. The number of anilines is 1. The molecule has 0 aliphatic heterocycles. The molecule has 0 bridgehead atoms. The van der Waals surface area contributed by atoms with Gasteiger partial charge in [0, 0.05) is 29.3 Å². The number of carbonyl (C=O) groups excluding carboxylic acids is 1. The molecule has 0 saturated carbocycles. The zero-order chi connectivity index (χ0) is 22.6. The van der Waals surface area contributed by atoms with Crippen LogP contribution in [-0.4, -0.2) is 25.4 Å². The topological polar surface area (TPSA) is 59.4 Å². The summed E-state index contributed by atoms with van der Waals surface area (Å²) in [4.78, 5) is 15.6. The van der Waals surface area contributed by atoms with Crippen molar-refractivity contribution in [1.29, 1.82) is 0 Å². The Hall–Kier alpha value is -3.38. The SMILES string of the molecule is CCCCN(C(=O)Cn1cc(S(=O)(=O)c2ccccc2)c2ccccc21)c1ccccc1. The van der Waals surface area contributed by atoms with Crippen LogP contribution in [0.5, 0.6) is 0 Å². The van der Waals surface area contributed by atoms with Crippen LogP contribution in [0.1, 0.15) is 19.8 Å². The summed E-state index contributed by atoms with van der Waals surface area (Å²) in [6.45, 7) is 2.77. The highest BCUT2D eigenvalue weighted by molar-refractivity contribution is 7.91. The van der Waals surface area contributed by atoms with E-state index in [1.54, 1.807) is 52.1 Å². The van der Waals surface area contributed by atoms with Gasteiger partial charge in [-0.25, -0.2) is 8.42 Å². The molecule has 4 rings (SSSR count). The number of benzene rings is 3. The fourth-order valence-corrected chi connectivity index (χ4v) is 5.34. The summed E-state index contributed by atoms with van der Waals surface area (Å²) in [6.07, 6.45) is 3.46. The first kappa shape index (κ1) is 21.8. The van der Waals surface area contributed by atoms with Crippen LogP contribution in [0.3, 0.4) is 0 Å². The van der Waals surface area contributed by atoms with Crippen LogP contribution in [0.4, 0.5) is 5.69 Å². The van der Waals surface area contributed by atoms with Crippen molar-refractivity contribution in [3.63, 3.8) is 0 Å². The molecule has 1 amide bonds. The summed E-state index contributed by atoms with van der Waals surface area (Å²) in [5, 5.41) is 0.615. The third-order valence-electron chi connectivity index (χ3n) is 5.50. The number of hydrogen-bond donors (Lipinski definition) is 0. The van der Waals surface area contributed by atoms with Gasteiger partial charge in [-0.05, 0) is 36.8 Å². The van der Waals surface area contributed by atoms with Gasteiger partial charge in [-0.2, -0.15) is 0 Å². The maximum absolute atomic E-state index is 13.3. The molecule has 4 aromatic rings. The minimum Gasteiger partial charge on any atom is -0.337 e. The van der Waals surface area contributed by atoms with Gasteiger partial charge < -0.3 is 9.47 Å². The van der Waals surface area contributed by atoms with Gasteiger partial charge in [0.1, 0.15) is 6.54 Å². The van der Waals surface area contributed by atoms with Crippen molar-refractivity contribution >= 4 is 32.3 Å². The molecule has 6 heteroatoms. The van der Waals surface area contributed by atoms with Crippen LogP contribution in [0.2, 0.25) is 0 Å². The van der Waals surface area contributed by atoms with Gasteiger partial charge >= 0.3 is 0 Å². The van der Waals surface area contributed by atoms with Crippen LogP contribution in [0.15, 0.2) is 101 Å². The lowest BCUT2D eigenvalue weighted by Gasteiger charge is -2.23. The second kappa shape index (κ2) is 9.40. The third-order valence-corrected chi connectivity index (χ3v) is 7.30. The molecular weight excluding hydrogens is 420 g/mol. The molecule has 1 heterocycles. The predicted molar refractivity (Wildman–Crippen MR) is 128 cm³/mol. The number of nitrogens with zero attached hydrogens (tertiary/aromatic N) is 2. The van der Waals surface area contributed by atoms with Crippen molar-refractivity contribution in [3.8, 4) is 0 Å².